The van der Waals surface area contributed by atoms with Crippen LogP contribution in [0.1, 0.15) is 32.1 Å². The lowest BCUT2D eigenvalue weighted by atomic mass is 9.89. The number of thiazole rings is 1. The summed E-state index contributed by atoms with van der Waals surface area (Å²) in [5.41, 5.74) is 0.140. The highest BCUT2D eigenvalue weighted by Crippen LogP contribution is 2.30. The molecular formula is C14H27N3O2S. The maximum Gasteiger partial charge on any atom is 0.230 e. The van der Waals surface area contributed by atoms with E-state index >= 15 is 0 Å². The summed E-state index contributed by atoms with van der Waals surface area (Å²) >= 11 is 1.60. The van der Waals surface area contributed by atoms with Crippen molar-refractivity contribution < 1.29 is 9.84 Å². The van der Waals surface area contributed by atoms with E-state index in [0.717, 1.165) is 16.4 Å². The fraction of sp³-hybridized carbons (Fsp3) is 0.786. The van der Waals surface area contributed by atoms with E-state index in [-0.39, 0.29) is 11.5 Å². The Morgan fingerprint density at radius 2 is 2.05 bits per heavy atom. The van der Waals surface area contributed by atoms with Crippen LogP contribution in [-0.4, -0.2) is 43.9 Å². The monoisotopic (exact) mass is 301 g/mol. The van der Waals surface area contributed by atoms with Gasteiger partial charge in [-0.2, -0.15) is 4.98 Å². The molecule has 1 aromatic heterocycles. The molecule has 6 heteroatoms. The Morgan fingerprint density at radius 3 is 2.55 bits per heavy atom. The average molecular weight is 301 g/mol. The molecule has 0 saturated heterocycles. The van der Waals surface area contributed by atoms with Gasteiger partial charge in [0, 0.05) is 27.2 Å². The molecule has 20 heavy (non-hydrogen) atoms. The minimum Gasteiger partial charge on any atom is -0.480 e. The average Bonchev–Trinajstić information content (AvgIpc) is 2.70. The number of hydrogen-bond acceptors (Lipinski definition) is 6. The third-order valence-electron chi connectivity index (χ3n) is 2.74. The topological polar surface area (TPSA) is 57.6 Å². The lowest BCUT2D eigenvalue weighted by molar-refractivity contribution is 0.119. The van der Waals surface area contributed by atoms with Gasteiger partial charge in [-0.1, -0.05) is 32.1 Å². The molecular weight excluding hydrogens is 274 g/mol. The summed E-state index contributed by atoms with van der Waals surface area (Å²) in [5, 5.41) is 14.2. The van der Waals surface area contributed by atoms with Gasteiger partial charge in [0.2, 0.25) is 5.88 Å². The second-order valence-electron chi connectivity index (χ2n) is 6.37. The number of aliphatic hydroxyl groups excluding tert-OH is 1. The number of methoxy groups -OCH3 is 1. The Hall–Kier alpha value is -0.850. The number of aromatic nitrogens is 1. The largest absolute Gasteiger partial charge is 0.480 e. The number of aliphatic hydroxyl groups is 1. The van der Waals surface area contributed by atoms with Crippen LogP contribution in [0.4, 0.5) is 5.13 Å². The van der Waals surface area contributed by atoms with E-state index < -0.39 is 0 Å². The summed E-state index contributed by atoms with van der Waals surface area (Å²) in [6, 6.07) is 0. The van der Waals surface area contributed by atoms with Crippen molar-refractivity contribution >= 4 is 16.5 Å². The van der Waals surface area contributed by atoms with E-state index in [1.165, 1.54) is 0 Å². The van der Waals surface area contributed by atoms with Gasteiger partial charge in [0.1, 0.15) is 0 Å². The van der Waals surface area contributed by atoms with Gasteiger partial charge < -0.3 is 20.1 Å². The molecule has 0 spiro atoms. The molecule has 0 bridgehead atoms. The molecule has 0 aliphatic carbocycles. The Bertz CT molecular complexity index is 413. The lowest BCUT2D eigenvalue weighted by Gasteiger charge is -2.22. The highest BCUT2D eigenvalue weighted by Gasteiger charge is 2.17. The van der Waals surface area contributed by atoms with Crippen molar-refractivity contribution in [2.24, 2.45) is 5.41 Å². The van der Waals surface area contributed by atoms with Crippen LogP contribution in [0.15, 0.2) is 0 Å². The Labute approximate surface area is 126 Å². The maximum absolute atomic E-state index is 9.97. The van der Waals surface area contributed by atoms with Crippen LogP contribution in [0.3, 0.4) is 0 Å². The van der Waals surface area contributed by atoms with Gasteiger partial charge in [-0.15, -0.1) is 0 Å². The SMILES string of the molecule is COc1nc(N(C)C)sc1CNCC(O)CC(C)(C)C. The molecule has 0 radical (unpaired) electrons. The zero-order valence-corrected chi connectivity index (χ0v) is 14.2. The quantitative estimate of drug-likeness (QED) is 0.808. The van der Waals surface area contributed by atoms with Crippen LogP contribution in [0.25, 0.3) is 0 Å². The van der Waals surface area contributed by atoms with Crippen molar-refractivity contribution in [3.8, 4) is 5.88 Å². The van der Waals surface area contributed by atoms with E-state index in [1.54, 1.807) is 18.4 Å². The maximum atomic E-state index is 9.97. The van der Waals surface area contributed by atoms with Gasteiger partial charge in [-0.05, 0) is 11.8 Å². The van der Waals surface area contributed by atoms with Crippen LogP contribution in [0.2, 0.25) is 0 Å². The molecule has 0 amide bonds. The lowest BCUT2D eigenvalue weighted by Crippen LogP contribution is -2.29. The van der Waals surface area contributed by atoms with Crippen LogP contribution in [0.5, 0.6) is 5.88 Å². The summed E-state index contributed by atoms with van der Waals surface area (Å²) in [6.45, 7) is 7.63. The predicted molar refractivity (Wildman–Crippen MR) is 84.8 cm³/mol. The smallest absolute Gasteiger partial charge is 0.230 e. The van der Waals surface area contributed by atoms with Gasteiger partial charge in [-0.25, -0.2) is 0 Å². The van der Waals surface area contributed by atoms with Crippen LogP contribution in [0, 0.1) is 5.41 Å². The van der Waals surface area contributed by atoms with Gasteiger partial charge in [-0.3, -0.25) is 0 Å². The van der Waals surface area contributed by atoms with E-state index in [9.17, 15) is 5.11 Å². The van der Waals surface area contributed by atoms with Crippen LogP contribution >= 0.6 is 11.3 Å². The Kier molecular flexibility index (Phi) is 6.23. The molecule has 0 aliphatic rings. The molecule has 1 rings (SSSR count). The number of hydrogen-bond donors (Lipinski definition) is 2. The molecule has 2 N–H and O–H groups in total. The fourth-order valence-electron chi connectivity index (χ4n) is 1.92. The van der Waals surface area contributed by atoms with Crippen molar-refractivity contribution in [3.05, 3.63) is 4.88 Å². The number of rotatable bonds is 7. The van der Waals surface area contributed by atoms with Gasteiger partial charge in [0.05, 0.1) is 18.1 Å². The van der Waals surface area contributed by atoms with Gasteiger partial charge in [0.15, 0.2) is 5.13 Å². The first-order chi connectivity index (χ1) is 9.23. The van der Waals surface area contributed by atoms with E-state index in [2.05, 4.69) is 31.1 Å². The number of ether oxygens (including phenoxy) is 1. The normalized spacial score (nSPS) is 13.3. The number of nitrogens with one attached hydrogen (secondary N) is 1. The van der Waals surface area contributed by atoms with Gasteiger partial charge >= 0.3 is 0 Å². The van der Waals surface area contributed by atoms with E-state index in [0.29, 0.717) is 19.0 Å². The summed E-state index contributed by atoms with van der Waals surface area (Å²) in [6.07, 6.45) is 0.449. The number of anilines is 1. The first-order valence-electron chi connectivity index (χ1n) is 6.82. The zero-order chi connectivity index (χ0) is 15.3. The minimum absolute atomic E-state index is 0.140. The molecule has 0 aromatic carbocycles. The Balaban J connectivity index is 2.49. The van der Waals surface area contributed by atoms with Crippen LogP contribution < -0.4 is 15.0 Å². The van der Waals surface area contributed by atoms with E-state index in [1.807, 2.05) is 19.0 Å². The molecule has 1 unspecified atom stereocenters. The first-order valence-corrected chi connectivity index (χ1v) is 7.64. The highest BCUT2D eigenvalue weighted by atomic mass is 32.1. The molecule has 5 nitrogen and oxygen atoms in total. The highest BCUT2D eigenvalue weighted by molar-refractivity contribution is 7.15. The standard InChI is InChI=1S/C14H27N3O2S/c1-14(2,3)7-10(18)8-15-9-11-12(19-6)16-13(20-11)17(4)5/h10,15,18H,7-9H2,1-6H3. The molecule has 1 atom stereocenters. The molecule has 0 fully saturated rings. The number of nitrogens with zero attached hydrogens (tertiary/aromatic N) is 2. The van der Waals surface area contributed by atoms with Crippen molar-refractivity contribution in [2.45, 2.75) is 39.8 Å². The van der Waals surface area contributed by atoms with Crippen molar-refractivity contribution in [1.82, 2.24) is 10.3 Å². The fourth-order valence-corrected chi connectivity index (χ4v) is 2.84. The zero-order valence-electron chi connectivity index (χ0n) is 13.4. The minimum atomic E-state index is -0.331. The second-order valence-corrected chi connectivity index (χ2v) is 7.43. The van der Waals surface area contributed by atoms with Crippen molar-refractivity contribution in [3.63, 3.8) is 0 Å². The third kappa shape index (κ3) is 5.64. The van der Waals surface area contributed by atoms with Crippen molar-refractivity contribution in [1.29, 1.82) is 0 Å². The third-order valence-corrected chi connectivity index (χ3v) is 3.94. The summed E-state index contributed by atoms with van der Waals surface area (Å²) < 4.78 is 5.28. The summed E-state index contributed by atoms with van der Waals surface area (Å²) in [5.74, 6) is 0.663. The first kappa shape index (κ1) is 17.2. The molecule has 0 saturated carbocycles. The van der Waals surface area contributed by atoms with E-state index in [4.69, 9.17) is 4.74 Å². The molecule has 1 aromatic rings. The summed E-state index contributed by atoms with van der Waals surface area (Å²) in [4.78, 5) is 7.42. The summed E-state index contributed by atoms with van der Waals surface area (Å²) in [7, 11) is 5.55. The van der Waals surface area contributed by atoms with Crippen LogP contribution in [-0.2, 0) is 6.54 Å². The molecule has 116 valence electrons. The van der Waals surface area contributed by atoms with Gasteiger partial charge in [0.25, 0.3) is 0 Å². The Morgan fingerprint density at radius 1 is 1.40 bits per heavy atom. The second kappa shape index (κ2) is 7.24. The molecule has 1 heterocycles. The molecule has 0 aliphatic heterocycles. The van der Waals surface area contributed by atoms with Crippen molar-refractivity contribution in [2.75, 3.05) is 32.6 Å². The predicted octanol–water partition coefficient (Wildman–Crippen LogP) is 2.10.